The van der Waals surface area contributed by atoms with E-state index in [1.165, 1.54) is 0 Å². The molecule has 122 valence electrons. The zero-order valence-corrected chi connectivity index (χ0v) is 14.0. The molecule has 0 atom stereocenters. The Kier molecular flexibility index (Phi) is 6.29. The summed E-state index contributed by atoms with van der Waals surface area (Å²) in [6, 6.07) is 14.8. The Balaban J connectivity index is 1.99. The molecule has 0 N–H and O–H groups in total. The topological polar surface area (TPSA) is 38.8 Å². The molecule has 2 rings (SSSR count). The number of methoxy groups -OCH3 is 1. The predicted molar refractivity (Wildman–Crippen MR) is 91.0 cm³/mol. The minimum atomic E-state index is -0.0988. The molecule has 23 heavy (non-hydrogen) atoms. The largest absolute Gasteiger partial charge is 0.493 e. The molecule has 4 nitrogen and oxygen atoms in total. The fraction of sp³-hybridized carbons (Fsp3) is 0.278. The number of halogens is 1. The molecule has 0 radical (unpaired) electrons. The smallest absolute Gasteiger partial charge is 0.260 e. The summed E-state index contributed by atoms with van der Waals surface area (Å²) in [6.45, 7) is 2.93. The number of nitrogens with zero attached hydrogens (tertiary/aromatic N) is 1. The van der Waals surface area contributed by atoms with Gasteiger partial charge in [-0.2, -0.15) is 0 Å². The molecular weight excluding hydrogens is 314 g/mol. The van der Waals surface area contributed by atoms with Crippen LogP contribution in [-0.2, 0) is 11.3 Å². The van der Waals surface area contributed by atoms with E-state index in [0.29, 0.717) is 29.6 Å². The summed E-state index contributed by atoms with van der Waals surface area (Å²) in [4.78, 5) is 14.1. The Morgan fingerprint density at radius 2 is 1.74 bits per heavy atom. The molecule has 2 aromatic rings. The number of hydrogen-bond acceptors (Lipinski definition) is 3. The van der Waals surface area contributed by atoms with Gasteiger partial charge < -0.3 is 14.4 Å². The van der Waals surface area contributed by atoms with Crippen molar-refractivity contribution in [3.8, 4) is 11.5 Å². The molecule has 0 aliphatic rings. The van der Waals surface area contributed by atoms with Gasteiger partial charge in [0, 0.05) is 18.1 Å². The number of amides is 1. The van der Waals surface area contributed by atoms with Gasteiger partial charge in [-0.05, 0) is 30.7 Å². The van der Waals surface area contributed by atoms with Gasteiger partial charge in [0.25, 0.3) is 5.91 Å². The van der Waals surface area contributed by atoms with Crippen molar-refractivity contribution in [2.75, 3.05) is 20.3 Å². The van der Waals surface area contributed by atoms with Gasteiger partial charge in [-0.1, -0.05) is 41.9 Å². The molecule has 0 fully saturated rings. The summed E-state index contributed by atoms with van der Waals surface area (Å²) in [5.74, 6) is 1.06. The summed E-state index contributed by atoms with van der Waals surface area (Å²) < 4.78 is 10.8. The predicted octanol–water partition coefficient (Wildman–Crippen LogP) is 3.78. The highest BCUT2D eigenvalue weighted by Crippen LogP contribution is 2.25. The molecule has 5 heteroatoms. The van der Waals surface area contributed by atoms with Crippen LogP contribution >= 0.6 is 11.6 Å². The summed E-state index contributed by atoms with van der Waals surface area (Å²) in [5.41, 5.74) is 0.918. The molecule has 0 bridgehead atoms. The standard InChI is InChI=1S/C18H20ClNO3/c1-3-20(12-14-8-4-5-9-15(14)19)18(21)13-23-17-11-7-6-10-16(17)22-2/h4-11H,3,12-13H2,1-2H3. The Bertz CT molecular complexity index is 660. The molecule has 1 amide bonds. The highest BCUT2D eigenvalue weighted by atomic mass is 35.5. The van der Waals surface area contributed by atoms with E-state index in [9.17, 15) is 4.79 Å². The Morgan fingerprint density at radius 3 is 2.39 bits per heavy atom. The first-order valence-electron chi connectivity index (χ1n) is 7.42. The highest BCUT2D eigenvalue weighted by Gasteiger charge is 2.15. The van der Waals surface area contributed by atoms with Crippen LogP contribution in [0.1, 0.15) is 12.5 Å². The molecule has 0 unspecified atom stereocenters. The number of carbonyl (C=O) groups excluding carboxylic acids is 1. The van der Waals surface area contributed by atoms with Crippen molar-refractivity contribution in [1.29, 1.82) is 0 Å². The Morgan fingerprint density at radius 1 is 1.09 bits per heavy atom. The quantitative estimate of drug-likeness (QED) is 0.774. The van der Waals surface area contributed by atoms with E-state index >= 15 is 0 Å². The maximum Gasteiger partial charge on any atom is 0.260 e. The molecular formula is C18H20ClNO3. The van der Waals surface area contributed by atoms with Gasteiger partial charge >= 0.3 is 0 Å². The van der Waals surface area contributed by atoms with Crippen molar-refractivity contribution in [2.45, 2.75) is 13.5 Å². The molecule has 0 heterocycles. The van der Waals surface area contributed by atoms with Crippen LogP contribution in [0.15, 0.2) is 48.5 Å². The normalized spacial score (nSPS) is 10.2. The van der Waals surface area contributed by atoms with E-state index in [0.717, 1.165) is 5.56 Å². The Labute approximate surface area is 141 Å². The van der Waals surface area contributed by atoms with E-state index in [2.05, 4.69) is 0 Å². The number of likely N-dealkylation sites (N-methyl/N-ethyl adjacent to an activating group) is 1. The number of benzene rings is 2. The highest BCUT2D eigenvalue weighted by molar-refractivity contribution is 6.31. The lowest BCUT2D eigenvalue weighted by atomic mass is 10.2. The SMILES string of the molecule is CCN(Cc1ccccc1Cl)C(=O)COc1ccccc1OC. The number of carbonyl (C=O) groups is 1. The molecule has 0 saturated carbocycles. The van der Waals surface area contributed by atoms with Crippen molar-refractivity contribution < 1.29 is 14.3 Å². The maximum atomic E-state index is 12.4. The fourth-order valence-electron chi connectivity index (χ4n) is 2.18. The molecule has 0 aliphatic heterocycles. The molecule has 0 aromatic heterocycles. The van der Waals surface area contributed by atoms with E-state index in [4.69, 9.17) is 21.1 Å². The van der Waals surface area contributed by atoms with Crippen molar-refractivity contribution in [2.24, 2.45) is 0 Å². The zero-order valence-electron chi connectivity index (χ0n) is 13.3. The van der Waals surface area contributed by atoms with Crippen LogP contribution in [-0.4, -0.2) is 31.1 Å². The zero-order chi connectivity index (χ0) is 16.7. The van der Waals surface area contributed by atoms with Crippen LogP contribution in [0.5, 0.6) is 11.5 Å². The molecule has 0 spiro atoms. The molecule has 0 aliphatic carbocycles. The van der Waals surface area contributed by atoms with Crippen LogP contribution in [0.2, 0.25) is 5.02 Å². The summed E-state index contributed by atoms with van der Waals surface area (Å²) in [5, 5.41) is 0.657. The third-order valence-corrected chi connectivity index (χ3v) is 3.84. The summed E-state index contributed by atoms with van der Waals surface area (Å²) in [6.07, 6.45) is 0. The van der Waals surface area contributed by atoms with E-state index < -0.39 is 0 Å². The van der Waals surface area contributed by atoms with Gasteiger partial charge in [0.15, 0.2) is 18.1 Å². The van der Waals surface area contributed by atoms with Gasteiger partial charge in [0.2, 0.25) is 0 Å². The second-order valence-corrected chi connectivity index (χ2v) is 5.35. The second kappa shape index (κ2) is 8.44. The summed E-state index contributed by atoms with van der Waals surface area (Å²) in [7, 11) is 1.57. The number of hydrogen-bond donors (Lipinski definition) is 0. The number of ether oxygens (including phenoxy) is 2. The third kappa shape index (κ3) is 4.63. The van der Waals surface area contributed by atoms with Crippen molar-refractivity contribution in [1.82, 2.24) is 4.90 Å². The minimum Gasteiger partial charge on any atom is -0.493 e. The lowest BCUT2D eigenvalue weighted by molar-refractivity contribution is -0.133. The fourth-order valence-corrected chi connectivity index (χ4v) is 2.37. The van der Waals surface area contributed by atoms with Crippen LogP contribution in [0.3, 0.4) is 0 Å². The van der Waals surface area contributed by atoms with Gasteiger partial charge in [0.1, 0.15) is 0 Å². The number of rotatable bonds is 7. The second-order valence-electron chi connectivity index (χ2n) is 4.94. The van der Waals surface area contributed by atoms with Crippen LogP contribution in [0, 0.1) is 0 Å². The molecule has 2 aromatic carbocycles. The van der Waals surface area contributed by atoms with Crippen molar-refractivity contribution >= 4 is 17.5 Å². The lowest BCUT2D eigenvalue weighted by Crippen LogP contribution is -2.34. The van der Waals surface area contributed by atoms with E-state index in [1.54, 1.807) is 24.1 Å². The van der Waals surface area contributed by atoms with Crippen molar-refractivity contribution in [3.63, 3.8) is 0 Å². The van der Waals surface area contributed by atoms with Gasteiger partial charge in [-0.25, -0.2) is 0 Å². The van der Waals surface area contributed by atoms with Gasteiger partial charge in [-0.3, -0.25) is 4.79 Å². The molecule has 0 saturated heterocycles. The average molecular weight is 334 g/mol. The minimum absolute atomic E-state index is 0.0430. The third-order valence-electron chi connectivity index (χ3n) is 3.47. The maximum absolute atomic E-state index is 12.4. The van der Waals surface area contributed by atoms with Gasteiger partial charge in [0.05, 0.1) is 7.11 Å². The number of para-hydroxylation sites is 2. The monoisotopic (exact) mass is 333 g/mol. The Hall–Kier alpha value is -2.20. The van der Waals surface area contributed by atoms with Crippen LogP contribution in [0.25, 0.3) is 0 Å². The first kappa shape index (κ1) is 17.2. The van der Waals surface area contributed by atoms with Crippen LogP contribution in [0.4, 0.5) is 0 Å². The van der Waals surface area contributed by atoms with E-state index in [1.807, 2.05) is 43.3 Å². The van der Waals surface area contributed by atoms with Gasteiger partial charge in [-0.15, -0.1) is 0 Å². The summed E-state index contributed by atoms with van der Waals surface area (Å²) >= 11 is 6.16. The first-order valence-corrected chi connectivity index (χ1v) is 7.80. The lowest BCUT2D eigenvalue weighted by Gasteiger charge is -2.22. The average Bonchev–Trinajstić information content (AvgIpc) is 2.59. The van der Waals surface area contributed by atoms with E-state index in [-0.39, 0.29) is 12.5 Å². The first-order chi connectivity index (χ1) is 11.2. The van der Waals surface area contributed by atoms with Crippen molar-refractivity contribution in [3.05, 3.63) is 59.1 Å². The van der Waals surface area contributed by atoms with Crippen LogP contribution < -0.4 is 9.47 Å².